The summed E-state index contributed by atoms with van der Waals surface area (Å²) in [6.45, 7) is 6.36. The summed E-state index contributed by atoms with van der Waals surface area (Å²) in [5, 5.41) is 12.5. The third-order valence-corrected chi connectivity index (χ3v) is 3.38. The topological polar surface area (TPSA) is 41.5 Å². The van der Waals surface area contributed by atoms with Gasteiger partial charge in [0.05, 0.1) is 7.11 Å². The van der Waals surface area contributed by atoms with Crippen LogP contribution in [-0.4, -0.2) is 24.9 Å². The Morgan fingerprint density at radius 3 is 2.47 bits per heavy atom. The zero-order chi connectivity index (χ0) is 14.4. The van der Waals surface area contributed by atoms with Crippen LogP contribution in [-0.2, 0) is 0 Å². The molecule has 0 radical (unpaired) electrons. The molecule has 0 aliphatic rings. The van der Waals surface area contributed by atoms with Crippen LogP contribution in [0.5, 0.6) is 5.75 Å². The molecular weight excluding hydrogens is 245 g/mol. The summed E-state index contributed by atoms with van der Waals surface area (Å²) >= 11 is 0. The Kier molecular flexibility index (Phi) is 6.25. The molecule has 0 spiro atoms. The molecule has 0 aliphatic heterocycles. The fourth-order valence-corrected chi connectivity index (χ4v) is 2.12. The molecule has 0 aliphatic carbocycles. The van der Waals surface area contributed by atoms with Gasteiger partial charge in [-0.3, -0.25) is 0 Å². The molecule has 1 aromatic carbocycles. The van der Waals surface area contributed by atoms with Gasteiger partial charge in [-0.05, 0) is 37.0 Å². The van der Waals surface area contributed by atoms with Crippen molar-refractivity contribution in [1.82, 2.24) is 5.32 Å². The van der Waals surface area contributed by atoms with Gasteiger partial charge in [-0.2, -0.15) is 0 Å². The average molecular weight is 269 g/mol. The van der Waals surface area contributed by atoms with E-state index in [2.05, 4.69) is 19.2 Å². The quantitative estimate of drug-likeness (QED) is 0.799. The Morgan fingerprint density at radius 2 is 2.00 bits per heavy atom. The first-order chi connectivity index (χ1) is 8.99. The van der Waals surface area contributed by atoms with Gasteiger partial charge in [0.1, 0.15) is 0 Å². The minimum absolute atomic E-state index is 0.0272. The van der Waals surface area contributed by atoms with E-state index in [1.807, 2.05) is 13.0 Å². The Hall–Kier alpha value is -1.13. The van der Waals surface area contributed by atoms with Crippen molar-refractivity contribution in [2.45, 2.75) is 39.3 Å². The molecule has 0 fully saturated rings. The lowest BCUT2D eigenvalue weighted by molar-refractivity contribution is 0.237. The lowest BCUT2D eigenvalue weighted by Crippen LogP contribution is -2.36. The van der Waals surface area contributed by atoms with Gasteiger partial charge in [-0.1, -0.05) is 19.9 Å². The minimum Gasteiger partial charge on any atom is -0.494 e. The molecule has 108 valence electrons. The van der Waals surface area contributed by atoms with Gasteiger partial charge in [0.25, 0.3) is 0 Å². The van der Waals surface area contributed by atoms with E-state index in [4.69, 9.17) is 9.84 Å². The third kappa shape index (κ3) is 4.48. The fourth-order valence-electron chi connectivity index (χ4n) is 2.12. The summed E-state index contributed by atoms with van der Waals surface area (Å²) in [6, 6.07) is 5.23. The van der Waals surface area contributed by atoms with Gasteiger partial charge in [0.2, 0.25) is 0 Å². The van der Waals surface area contributed by atoms with Crippen molar-refractivity contribution in [3.05, 3.63) is 29.6 Å². The zero-order valence-electron chi connectivity index (χ0n) is 12.1. The second kappa shape index (κ2) is 7.46. The number of aliphatic hydroxyl groups excluding tert-OH is 1. The van der Waals surface area contributed by atoms with Crippen LogP contribution in [0.15, 0.2) is 18.2 Å². The van der Waals surface area contributed by atoms with E-state index in [9.17, 15) is 4.39 Å². The van der Waals surface area contributed by atoms with E-state index in [1.165, 1.54) is 13.2 Å². The molecule has 2 unspecified atom stereocenters. The van der Waals surface area contributed by atoms with Crippen LogP contribution in [0.1, 0.15) is 38.8 Å². The molecular formula is C15H24FNO2. The fraction of sp³-hybridized carbons (Fsp3) is 0.600. The number of hydrogen-bond donors (Lipinski definition) is 2. The van der Waals surface area contributed by atoms with Crippen molar-refractivity contribution in [3.63, 3.8) is 0 Å². The standard InChI is InChI=1S/C15H24FNO2/c1-10(2)14(7-8-18)17-11(3)12-5-6-15(19-4)13(16)9-12/h5-6,9-11,14,17-18H,7-8H2,1-4H3. The van der Waals surface area contributed by atoms with E-state index in [0.717, 1.165) is 5.56 Å². The van der Waals surface area contributed by atoms with Crippen LogP contribution in [0.4, 0.5) is 4.39 Å². The summed E-state index contributed by atoms with van der Waals surface area (Å²) < 4.78 is 18.6. The number of benzene rings is 1. The van der Waals surface area contributed by atoms with Crippen molar-refractivity contribution < 1.29 is 14.2 Å². The SMILES string of the molecule is COc1ccc(C(C)NC(CCO)C(C)C)cc1F. The Labute approximate surface area is 114 Å². The largest absolute Gasteiger partial charge is 0.494 e. The molecule has 19 heavy (non-hydrogen) atoms. The predicted molar refractivity (Wildman–Crippen MR) is 74.8 cm³/mol. The number of rotatable bonds is 7. The molecule has 1 rings (SSSR count). The van der Waals surface area contributed by atoms with Crippen LogP contribution in [0.2, 0.25) is 0 Å². The number of hydrogen-bond acceptors (Lipinski definition) is 3. The highest BCUT2D eigenvalue weighted by atomic mass is 19.1. The molecule has 2 atom stereocenters. The van der Waals surface area contributed by atoms with Crippen molar-refractivity contribution in [2.75, 3.05) is 13.7 Å². The first-order valence-corrected chi connectivity index (χ1v) is 6.70. The summed E-state index contributed by atoms with van der Waals surface area (Å²) in [6.07, 6.45) is 0.695. The Morgan fingerprint density at radius 1 is 1.32 bits per heavy atom. The van der Waals surface area contributed by atoms with E-state index in [1.54, 1.807) is 6.07 Å². The maximum absolute atomic E-state index is 13.7. The summed E-state index contributed by atoms with van der Waals surface area (Å²) in [4.78, 5) is 0. The maximum Gasteiger partial charge on any atom is 0.165 e. The van der Waals surface area contributed by atoms with Crippen LogP contribution < -0.4 is 10.1 Å². The van der Waals surface area contributed by atoms with Gasteiger partial charge >= 0.3 is 0 Å². The summed E-state index contributed by atoms with van der Waals surface area (Å²) in [5.41, 5.74) is 0.877. The van der Waals surface area contributed by atoms with Crippen LogP contribution >= 0.6 is 0 Å². The molecule has 0 saturated carbocycles. The van der Waals surface area contributed by atoms with E-state index >= 15 is 0 Å². The Balaban J connectivity index is 2.76. The molecule has 0 saturated heterocycles. The highest BCUT2D eigenvalue weighted by Crippen LogP contribution is 2.23. The number of nitrogens with one attached hydrogen (secondary N) is 1. The minimum atomic E-state index is -0.350. The van der Waals surface area contributed by atoms with Gasteiger partial charge < -0.3 is 15.2 Å². The second-order valence-corrected chi connectivity index (χ2v) is 5.15. The molecule has 4 heteroatoms. The van der Waals surface area contributed by atoms with Crippen molar-refractivity contribution in [2.24, 2.45) is 5.92 Å². The van der Waals surface area contributed by atoms with Crippen molar-refractivity contribution in [3.8, 4) is 5.75 Å². The van der Waals surface area contributed by atoms with Gasteiger partial charge in [0.15, 0.2) is 11.6 Å². The highest BCUT2D eigenvalue weighted by Gasteiger charge is 2.17. The lowest BCUT2D eigenvalue weighted by atomic mass is 9.98. The van der Waals surface area contributed by atoms with Gasteiger partial charge in [-0.25, -0.2) is 4.39 Å². The first kappa shape index (κ1) is 15.9. The van der Waals surface area contributed by atoms with Crippen LogP contribution in [0.25, 0.3) is 0 Å². The molecule has 0 heterocycles. The van der Waals surface area contributed by atoms with E-state index in [0.29, 0.717) is 12.3 Å². The van der Waals surface area contributed by atoms with Gasteiger partial charge in [0, 0.05) is 18.7 Å². The molecule has 0 bridgehead atoms. The third-order valence-electron chi connectivity index (χ3n) is 3.38. The number of aliphatic hydroxyl groups is 1. The van der Waals surface area contributed by atoms with E-state index < -0.39 is 0 Å². The monoisotopic (exact) mass is 269 g/mol. The molecule has 0 aromatic heterocycles. The Bertz CT molecular complexity index is 396. The molecule has 3 nitrogen and oxygen atoms in total. The molecule has 0 amide bonds. The molecule has 2 N–H and O–H groups in total. The number of methoxy groups -OCH3 is 1. The summed E-state index contributed by atoms with van der Waals surface area (Å²) in [5.74, 6) is 0.321. The average Bonchev–Trinajstić information content (AvgIpc) is 2.37. The first-order valence-electron chi connectivity index (χ1n) is 6.70. The van der Waals surface area contributed by atoms with Crippen LogP contribution in [0.3, 0.4) is 0 Å². The predicted octanol–water partition coefficient (Wildman–Crippen LogP) is 2.89. The highest BCUT2D eigenvalue weighted by molar-refractivity contribution is 5.30. The van der Waals surface area contributed by atoms with Crippen molar-refractivity contribution >= 4 is 0 Å². The number of ether oxygens (including phenoxy) is 1. The van der Waals surface area contributed by atoms with Crippen molar-refractivity contribution in [1.29, 1.82) is 0 Å². The smallest absolute Gasteiger partial charge is 0.165 e. The van der Waals surface area contributed by atoms with E-state index in [-0.39, 0.29) is 30.3 Å². The van der Waals surface area contributed by atoms with Crippen LogP contribution in [0, 0.1) is 11.7 Å². The normalized spacial score (nSPS) is 14.5. The maximum atomic E-state index is 13.7. The lowest BCUT2D eigenvalue weighted by Gasteiger charge is -2.26. The second-order valence-electron chi connectivity index (χ2n) is 5.15. The number of halogens is 1. The molecule has 1 aromatic rings. The zero-order valence-corrected chi connectivity index (χ0v) is 12.1. The van der Waals surface area contributed by atoms with Gasteiger partial charge in [-0.15, -0.1) is 0 Å². The summed E-state index contributed by atoms with van der Waals surface area (Å²) in [7, 11) is 1.45.